The summed E-state index contributed by atoms with van der Waals surface area (Å²) < 4.78 is 5.38. The fraction of sp³-hybridized carbons (Fsp3) is 0.933. The Bertz CT molecular complexity index is 248. The van der Waals surface area contributed by atoms with E-state index < -0.39 is 0 Å². The lowest BCUT2D eigenvalue weighted by molar-refractivity contribution is 0.0289. The fourth-order valence-corrected chi connectivity index (χ4v) is 2.39. The smallest absolute Gasteiger partial charge is 0.0594 e. The van der Waals surface area contributed by atoms with Crippen molar-refractivity contribution >= 4 is 6.21 Å². The van der Waals surface area contributed by atoms with Crippen LogP contribution in [0, 0.1) is 5.41 Å². The lowest BCUT2D eigenvalue weighted by atomic mass is 9.94. The Hall–Kier alpha value is -0.450. The number of nitrogens with zero attached hydrogens (tertiary/aromatic N) is 2. The average molecular weight is 269 g/mol. The van der Waals surface area contributed by atoms with Crippen LogP contribution in [0.5, 0.6) is 0 Å². The van der Waals surface area contributed by atoms with Crippen LogP contribution in [0.25, 0.3) is 0 Å². The third kappa shape index (κ3) is 8.35. The van der Waals surface area contributed by atoms with E-state index in [1.807, 2.05) is 0 Å². The van der Waals surface area contributed by atoms with Crippen LogP contribution in [-0.2, 0) is 4.74 Å². The van der Waals surface area contributed by atoms with E-state index in [-0.39, 0.29) is 5.41 Å². The first-order valence-corrected chi connectivity index (χ1v) is 7.65. The third-order valence-corrected chi connectivity index (χ3v) is 3.42. The molecule has 1 aliphatic heterocycles. The first-order valence-electron chi connectivity index (χ1n) is 7.65. The molecule has 19 heavy (non-hydrogen) atoms. The standard InChI is InChI=1S/C15H31N3O/c1-15(2,14-18-9-11-19-12-10-18)13-17-8-6-4-3-5-7-16/h13H,3-12,14,16H2,1-2H3. The van der Waals surface area contributed by atoms with Crippen molar-refractivity contribution < 1.29 is 4.74 Å². The van der Waals surface area contributed by atoms with Crippen LogP contribution in [0.3, 0.4) is 0 Å². The van der Waals surface area contributed by atoms with Crippen molar-refractivity contribution in [3.8, 4) is 0 Å². The Morgan fingerprint density at radius 3 is 2.53 bits per heavy atom. The summed E-state index contributed by atoms with van der Waals surface area (Å²) in [7, 11) is 0. The van der Waals surface area contributed by atoms with Gasteiger partial charge in [-0.2, -0.15) is 0 Å². The van der Waals surface area contributed by atoms with E-state index in [4.69, 9.17) is 10.5 Å². The van der Waals surface area contributed by atoms with E-state index in [1.165, 1.54) is 19.3 Å². The van der Waals surface area contributed by atoms with Gasteiger partial charge in [0.2, 0.25) is 0 Å². The Balaban J connectivity index is 2.13. The van der Waals surface area contributed by atoms with Gasteiger partial charge < -0.3 is 10.5 Å². The number of aliphatic imine (C=N–C) groups is 1. The predicted octanol–water partition coefficient (Wildman–Crippen LogP) is 1.93. The van der Waals surface area contributed by atoms with Crippen molar-refractivity contribution in [1.82, 2.24) is 4.90 Å². The number of unbranched alkanes of at least 4 members (excludes halogenated alkanes) is 3. The minimum Gasteiger partial charge on any atom is -0.379 e. The monoisotopic (exact) mass is 269 g/mol. The van der Waals surface area contributed by atoms with E-state index in [1.54, 1.807) is 0 Å². The van der Waals surface area contributed by atoms with Crippen LogP contribution in [0.4, 0.5) is 0 Å². The number of nitrogens with two attached hydrogens (primary N) is 1. The molecule has 2 N–H and O–H groups in total. The molecule has 0 atom stereocenters. The van der Waals surface area contributed by atoms with E-state index in [0.717, 1.165) is 52.4 Å². The van der Waals surface area contributed by atoms with Crippen LogP contribution in [-0.4, -0.2) is 57.1 Å². The maximum atomic E-state index is 5.47. The average Bonchev–Trinajstić information content (AvgIpc) is 2.38. The minimum absolute atomic E-state index is 0.161. The molecule has 0 saturated carbocycles. The minimum atomic E-state index is 0.161. The highest BCUT2D eigenvalue weighted by molar-refractivity contribution is 5.64. The second-order valence-corrected chi connectivity index (χ2v) is 6.12. The summed E-state index contributed by atoms with van der Waals surface area (Å²) in [5, 5.41) is 0. The summed E-state index contributed by atoms with van der Waals surface area (Å²) in [5.74, 6) is 0. The topological polar surface area (TPSA) is 50.8 Å². The van der Waals surface area contributed by atoms with E-state index in [0.29, 0.717) is 0 Å². The second-order valence-electron chi connectivity index (χ2n) is 6.12. The van der Waals surface area contributed by atoms with E-state index in [9.17, 15) is 0 Å². The SMILES string of the molecule is CC(C)(C=NCCCCCCN)CN1CCOCC1. The van der Waals surface area contributed by atoms with Gasteiger partial charge in [-0.25, -0.2) is 0 Å². The highest BCUT2D eigenvalue weighted by Crippen LogP contribution is 2.15. The summed E-state index contributed by atoms with van der Waals surface area (Å²) in [4.78, 5) is 7.06. The van der Waals surface area contributed by atoms with Crippen molar-refractivity contribution in [2.75, 3.05) is 45.9 Å². The number of hydrogen-bond acceptors (Lipinski definition) is 4. The molecule has 0 aromatic heterocycles. The van der Waals surface area contributed by atoms with Crippen molar-refractivity contribution in [1.29, 1.82) is 0 Å². The summed E-state index contributed by atoms with van der Waals surface area (Å²) in [6, 6.07) is 0. The zero-order valence-corrected chi connectivity index (χ0v) is 12.7. The molecule has 1 rings (SSSR count). The maximum Gasteiger partial charge on any atom is 0.0594 e. The largest absolute Gasteiger partial charge is 0.379 e. The summed E-state index contributed by atoms with van der Waals surface area (Å²) in [5.41, 5.74) is 5.63. The van der Waals surface area contributed by atoms with Gasteiger partial charge in [0.1, 0.15) is 0 Å². The first-order chi connectivity index (χ1) is 9.14. The molecule has 0 bridgehead atoms. The molecule has 0 unspecified atom stereocenters. The van der Waals surface area contributed by atoms with Crippen molar-refractivity contribution in [3.63, 3.8) is 0 Å². The second kappa shape index (κ2) is 9.45. The summed E-state index contributed by atoms with van der Waals surface area (Å²) in [6.45, 7) is 11.2. The van der Waals surface area contributed by atoms with Crippen molar-refractivity contribution in [2.45, 2.75) is 39.5 Å². The van der Waals surface area contributed by atoms with Gasteiger partial charge >= 0.3 is 0 Å². The quantitative estimate of drug-likeness (QED) is 0.514. The lowest BCUT2D eigenvalue weighted by Gasteiger charge is -2.32. The molecule has 1 saturated heterocycles. The molecule has 0 aliphatic carbocycles. The molecule has 112 valence electrons. The predicted molar refractivity (Wildman–Crippen MR) is 81.9 cm³/mol. The van der Waals surface area contributed by atoms with Gasteiger partial charge in [0.15, 0.2) is 0 Å². The number of rotatable bonds is 9. The van der Waals surface area contributed by atoms with Crippen molar-refractivity contribution in [3.05, 3.63) is 0 Å². The summed E-state index contributed by atoms with van der Waals surface area (Å²) >= 11 is 0. The molecule has 0 aromatic carbocycles. The Kier molecular flexibility index (Phi) is 8.26. The Morgan fingerprint density at radius 2 is 1.84 bits per heavy atom. The molecule has 4 heteroatoms. The molecule has 1 heterocycles. The van der Waals surface area contributed by atoms with E-state index >= 15 is 0 Å². The van der Waals surface area contributed by atoms with Crippen LogP contribution in [0.1, 0.15) is 39.5 Å². The zero-order valence-electron chi connectivity index (χ0n) is 12.7. The van der Waals surface area contributed by atoms with Gasteiger partial charge in [-0.1, -0.05) is 26.7 Å². The molecule has 1 fully saturated rings. The normalized spacial score (nSPS) is 18.3. The molecule has 4 nitrogen and oxygen atoms in total. The maximum absolute atomic E-state index is 5.47. The zero-order chi connectivity index (χ0) is 14.0. The fourth-order valence-electron chi connectivity index (χ4n) is 2.39. The number of hydrogen-bond donors (Lipinski definition) is 1. The van der Waals surface area contributed by atoms with E-state index in [2.05, 4.69) is 30.0 Å². The van der Waals surface area contributed by atoms with Crippen LogP contribution in [0.15, 0.2) is 4.99 Å². The van der Waals surface area contributed by atoms with Gasteiger partial charge in [-0.05, 0) is 19.4 Å². The number of morpholine rings is 1. The highest BCUT2D eigenvalue weighted by Gasteiger charge is 2.21. The Morgan fingerprint density at radius 1 is 1.16 bits per heavy atom. The molecule has 0 amide bonds. The molecule has 1 aliphatic rings. The van der Waals surface area contributed by atoms with Gasteiger partial charge in [-0.15, -0.1) is 0 Å². The first kappa shape index (κ1) is 16.6. The molecular formula is C15H31N3O. The molecule has 0 aromatic rings. The van der Waals surface area contributed by atoms with Gasteiger partial charge in [0, 0.05) is 37.8 Å². The molecule has 0 spiro atoms. The van der Waals surface area contributed by atoms with Crippen molar-refractivity contribution in [2.24, 2.45) is 16.1 Å². The summed E-state index contributed by atoms with van der Waals surface area (Å²) in [6.07, 6.45) is 6.96. The van der Waals surface area contributed by atoms with Crippen LogP contribution < -0.4 is 5.73 Å². The van der Waals surface area contributed by atoms with Gasteiger partial charge in [-0.3, -0.25) is 9.89 Å². The van der Waals surface area contributed by atoms with Crippen LogP contribution in [0.2, 0.25) is 0 Å². The van der Waals surface area contributed by atoms with Gasteiger partial charge in [0.25, 0.3) is 0 Å². The Labute approximate surface area is 118 Å². The molecular weight excluding hydrogens is 238 g/mol. The molecule has 0 radical (unpaired) electrons. The third-order valence-electron chi connectivity index (χ3n) is 3.42. The number of ether oxygens (including phenoxy) is 1. The lowest BCUT2D eigenvalue weighted by Crippen LogP contribution is -2.42. The van der Waals surface area contributed by atoms with Gasteiger partial charge in [0.05, 0.1) is 13.2 Å². The highest BCUT2D eigenvalue weighted by atomic mass is 16.5. The van der Waals surface area contributed by atoms with Crippen LogP contribution >= 0.6 is 0 Å².